The largest absolute Gasteiger partial charge is 0.460 e. The predicted molar refractivity (Wildman–Crippen MR) is 98.7 cm³/mol. The van der Waals surface area contributed by atoms with E-state index in [2.05, 4.69) is 19.7 Å². The number of esters is 1. The number of fused-ring (bicyclic) bond motifs is 1. The Morgan fingerprint density at radius 3 is 2.81 bits per heavy atom. The van der Waals surface area contributed by atoms with Crippen LogP contribution in [-0.2, 0) is 4.74 Å². The number of hydrogen-bond acceptors (Lipinski definition) is 7. The second-order valence-electron chi connectivity index (χ2n) is 6.84. The molecule has 2 aromatic heterocycles. The zero-order valence-corrected chi connectivity index (χ0v) is 16.4. The van der Waals surface area contributed by atoms with Gasteiger partial charge in [-0.25, -0.2) is 14.8 Å². The highest BCUT2D eigenvalue weighted by atomic mass is 32.2. The summed E-state index contributed by atoms with van der Waals surface area (Å²) in [7, 11) is 0. The first-order valence-corrected chi connectivity index (χ1v) is 9.64. The van der Waals surface area contributed by atoms with Gasteiger partial charge in [-0.1, -0.05) is 20.8 Å². The summed E-state index contributed by atoms with van der Waals surface area (Å²) < 4.78 is 34.8. The van der Waals surface area contributed by atoms with Crippen molar-refractivity contribution in [3.8, 4) is 5.75 Å². The summed E-state index contributed by atoms with van der Waals surface area (Å²) in [5.74, 6) is -0.415. The van der Waals surface area contributed by atoms with E-state index in [1.54, 1.807) is 11.4 Å². The van der Waals surface area contributed by atoms with Gasteiger partial charge in [0, 0.05) is 11.4 Å². The number of aromatic amines is 1. The van der Waals surface area contributed by atoms with E-state index in [1.165, 1.54) is 35.2 Å². The quantitative estimate of drug-likeness (QED) is 0.575. The minimum atomic E-state index is -2.88. The fourth-order valence-corrected chi connectivity index (χ4v) is 3.73. The molecule has 0 aliphatic heterocycles. The van der Waals surface area contributed by atoms with Gasteiger partial charge in [-0.05, 0) is 29.3 Å². The molecule has 0 aliphatic rings. The van der Waals surface area contributed by atoms with Crippen LogP contribution >= 0.6 is 23.1 Å². The Hall–Kier alpha value is -2.20. The summed E-state index contributed by atoms with van der Waals surface area (Å²) in [4.78, 5) is 23.7. The number of rotatable bonds is 6. The van der Waals surface area contributed by atoms with E-state index in [0.29, 0.717) is 27.1 Å². The van der Waals surface area contributed by atoms with Gasteiger partial charge < -0.3 is 14.5 Å². The van der Waals surface area contributed by atoms with Crippen molar-refractivity contribution in [3.63, 3.8) is 0 Å². The molecule has 0 radical (unpaired) electrons. The number of thiazole rings is 1. The number of alkyl halides is 2. The first-order chi connectivity index (χ1) is 12.7. The minimum Gasteiger partial charge on any atom is -0.460 e. The van der Waals surface area contributed by atoms with Gasteiger partial charge >= 0.3 is 12.6 Å². The van der Waals surface area contributed by atoms with Gasteiger partial charge in [-0.3, -0.25) is 0 Å². The smallest absolute Gasteiger partial charge is 0.387 e. The third-order valence-corrected chi connectivity index (χ3v) is 4.99. The molecule has 0 atom stereocenters. The summed E-state index contributed by atoms with van der Waals surface area (Å²) in [5, 5.41) is 2.16. The van der Waals surface area contributed by atoms with Crippen LogP contribution in [0.2, 0.25) is 0 Å². The third-order valence-electron chi connectivity index (χ3n) is 3.17. The second kappa shape index (κ2) is 7.81. The highest BCUT2D eigenvalue weighted by molar-refractivity contribution is 8.00. The maximum absolute atomic E-state index is 12.3. The summed E-state index contributed by atoms with van der Waals surface area (Å²) >= 11 is 2.53. The maximum atomic E-state index is 12.3. The van der Waals surface area contributed by atoms with Crippen LogP contribution in [0.3, 0.4) is 0 Å². The van der Waals surface area contributed by atoms with Gasteiger partial charge in [0.2, 0.25) is 0 Å². The fraction of sp³-hybridized carbons (Fsp3) is 0.353. The number of ether oxygens (including phenoxy) is 2. The molecule has 0 bridgehead atoms. The van der Waals surface area contributed by atoms with Crippen LogP contribution in [0.5, 0.6) is 5.75 Å². The number of halogens is 2. The number of carbonyl (C=O) groups excluding carboxylic acids is 1. The molecule has 0 saturated heterocycles. The summed E-state index contributed by atoms with van der Waals surface area (Å²) in [6.07, 6.45) is 0. The molecule has 0 aliphatic carbocycles. The van der Waals surface area contributed by atoms with Crippen molar-refractivity contribution < 1.29 is 23.0 Å². The first kappa shape index (κ1) is 19.6. The van der Waals surface area contributed by atoms with Gasteiger partial charge in [0.25, 0.3) is 0 Å². The number of hydrogen-bond donors (Lipinski definition) is 1. The Morgan fingerprint density at radius 1 is 1.33 bits per heavy atom. The van der Waals surface area contributed by atoms with Gasteiger partial charge in [-0.15, -0.1) is 11.3 Å². The van der Waals surface area contributed by atoms with E-state index in [4.69, 9.17) is 4.74 Å². The predicted octanol–water partition coefficient (Wildman–Crippen LogP) is 4.97. The molecule has 3 rings (SSSR count). The molecule has 1 N–H and O–H groups in total. The van der Waals surface area contributed by atoms with Crippen molar-refractivity contribution in [2.24, 2.45) is 5.41 Å². The number of H-pyrrole nitrogens is 1. The molecule has 3 aromatic rings. The van der Waals surface area contributed by atoms with E-state index in [1.807, 2.05) is 20.8 Å². The molecule has 144 valence electrons. The summed E-state index contributed by atoms with van der Waals surface area (Å²) in [6, 6.07) is 4.47. The van der Waals surface area contributed by atoms with E-state index in [-0.39, 0.29) is 16.9 Å². The third kappa shape index (κ3) is 5.39. The molecular weight excluding hydrogens is 396 g/mol. The summed E-state index contributed by atoms with van der Waals surface area (Å²) in [6.45, 7) is 3.34. The lowest BCUT2D eigenvalue weighted by molar-refractivity contribution is -0.0497. The normalized spacial score (nSPS) is 11.9. The Kier molecular flexibility index (Phi) is 5.66. The standard InChI is InChI=1S/C17H17F2N3O3S2/c1-17(2,3)8-24-13(23)12-7-26-16(22-12)27-15-20-10-5-4-9(25-14(18)19)6-11(10)21-15/h4-7,14H,8H2,1-3H3,(H,20,21). The highest BCUT2D eigenvalue weighted by Gasteiger charge is 2.18. The van der Waals surface area contributed by atoms with Crippen LogP contribution in [0.15, 0.2) is 33.1 Å². The lowest BCUT2D eigenvalue weighted by Crippen LogP contribution is -2.18. The molecule has 27 heavy (non-hydrogen) atoms. The maximum Gasteiger partial charge on any atom is 0.387 e. The molecule has 10 heteroatoms. The average Bonchev–Trinajstić information content (AvgIpc) is 3.17. The molecule has 0 saturated carbocycles. The van der Waals surface area contributed by atoms with Crippen LogP contribution in [0.1, 0.15) is 31.3 Å². The average molecular weight is 413 g/mol. The molecule has 0 amide bonds. The molecule has 0 fully saturated rings. The van der Waals surface area contributed by atoms with Crippen molar-refractivity contribution in [1.82, 2.24) is 15.0 Å². The number of nitrogens with zero attached hydrogens (tertiary/aromatic N) is 2. The first-order valence-electron chi connectivity index (χ1n) is 7.95. The van der Waals surface area contributed by atoms with Gasteiger partial charge in [0.15, 0.2) is 15.2 Å². The zero-order valence-electron chi connectivity index (χ0n) is 14.8. The minimum absolute atomic E-state index is 0.0517. The Balaban J connectivity index is 1.68. The van der Waals surface area contributed by atoms with E-state index < -0.39 is 12.6 Å². The van der Waals surface area contributed by atoms with Crippen LogP contribution in [0.4, 0.5) is 8.78 Å². The Morgan fingerprint density at radius 2 is 2.11 bits per heavy atom. The Bertz CT molecular complexity index is 950. The van der Waals surface area contributed by atoms with Crippen molar-refractivity contribution in [1.29, 1.82) is 0 Å². The Labute approximate surface area is 162 Å². The van der Waals surface area contributed by atoms with Crippen molar-refractivity contribution >= 4 is 40.1 Å². The monoisotopic (exact) mass is 413 g/mol. The lowest BCUT2D eigenvalue weighted by Gasteiger charge is -2.17. The van der Waals surface area contributed by atoms with Crippen LogP contribution in [-0.4, -0.2) is 34.1 Å². The van der Waals surface area contributed by atoms with E-state index in [9.17, 15) is 13.6 Å². The highest BCUT2D eigenvalue weighted by Crippen LogP contribution is 2.31. The molecule has 1 aromatic carbocycles. The number of carbonyl (C=O) groups is 1. The molecule has 0 unspecified atom stereocenters. The SMILES string of the molecule is CC(C)(C)COC(=O)c1csc(Sc2nc3ccc(OC(F)F)cc3[nH]2)n1. The van der Waals surface area contributed by atoms with Crippen molar-refractivity contribution in [2.45, 2.75) is 36.9 Å². The number of aromatic nitrogens is 3. The van der Waals surface area contributed by atoms with Gasteiger partial charge in [0.05, 0.1) is 17.6 Å². The molecule has 2 heterocycles. The van der Waals surface area contributed by atoms with Gasteiger partial charge in [-0.2, -0.15) is 8.78 Å². The zero-order chi connectivity index (χ0) is 19.6. The van der Waals surface area contributed by atoms with Crippen molar-refractivity contribution in [3.05, 3.63) is 29.3 Å². The second-order valence-corrected chi connectivity index (χ2v) is 8.93. The molecule has 0 spiro atoms. The lowest BCUT2D eigenvalue weighted by atomic mass is 9.99. The number of benzene rings is 1. The summed E-state index contributed by atoms with van der Waals surface area (Å²) in [5.41, 5.74) is 1.30. The van der Waals surface area contributed by atoms with E-state index in [0.717, 1.165) is 0 Å². The van der Waals surface area contributed by atoms with Crippen LogP contribution < -0.4 is 4.74 Å². The number of imidazole rings is 1. The topological polar surface area (TPSA) is 77.1 Å². The van der Waals surface area contributed by atoms with Gasteiger partial charge in [0.1, 0.15) is 5.75 Å². The molecule has 6 nitrogen and oxygen atoms in total. The fourth-order valence-electron chi connectivity index (χ4n) is 2.03. The number of nitrogens with one attached hydrogen (secondary N) is 1. The van der Waals surface area contributed by atoms with Crippen LogP contribution in [0.25, 0.3) is 11.0 Å². The van der Waals surface area contributed by atoms with Crippen LogP contribution in [0, 0.1) is 5.41 Å². The van der Waals surface area contributed by atoms with Crippen molar-refractivity contribution in [2.75, 3.05) is 6.61 Å². The molecular formula is C17H17F2N3O3S2. The van der Waals surface area contributed by atoms with E-state index >= 15 is 0 Å².